The van der Waals surface area contributed by atoms with Crippen molar-refractivity contribution in [1.82, 2.24) is 15.2 Å². The molecule has 2 heterocycles. The second-order valence-electron chi connectivity index (χ2n) is 5.89. The summed E-state index contributed by atoms with van der Waals surface area (Å²) in [6, 6.07) is 8.66. The number of rotatable bonds is 6. The van der Waals surface area contributed by atoms with E-state index in [1.165, 1.54) is 0 Å². The topological polar surface area (TPSA) is 66.5 Å². The number of ether oxygens (including phenoxy) is 1. The molecule has 0 radical (unpaired) electrons. The first kappa shape index (κ1) is 18.9. The first-order valence-electron chi connectivity index (χ1n) is 8.38. The zero-order valence-electron chi connectivity index (χ0n) is 14.2. The van der Waals surface area contributed by atoms with Gasteiger partial charge in [0.2, 0.25) is 0 Å². The van der Waals surface area contributed by atoms with Crippen molar-refractivity contribution in [1.29, 1.82) is 0 Å². The van der Waals surface area contributed by atoms with Crippen molar-refractivity contribution < 1.29 is 9.53 Å². The SMILES string of the molecule is O=C(NCCN1CCOCC1)c1ccc(Nc2ccc(Cl)cc2Cl)cn1. The number of halogens is 2. The highest BCUT2D eigenvalue weighted by atomic mass is 35.5. The third-order valence-corrected chi connectivity index (χ3v) is 4.57. The molecule has 1 aliphatic rings. The minimum Gasteiger partial charge on any atom is -0.379 e. The van der Waals surface area contributed by atoms with Crippen LogP contribution in [0.15, 0.2) is 36.5 Å². The van der Waals surface area contributed by atoms with Crippen LogP contribution in [-0.2, 0) is 4.74 Å². The van der Waals surface area contributed by atoms with Crippen LogP contribution in [0.25, 0.3) is 0 Å². The summed E-state index contributed by atoms with van der Waals surface area (Å²) >= 11 is 12.0. The lowest BCUT2D eigenvalue weighted by molar-refractivity contribution is 0.0383. The van der Waals surface area contributed by atoms with Crippen LogP contribution in [0.2, 0.25) is 10.0 Å². The lowest BCUT2D eigenvalue weighted by Crippen LogP contribution is -2.41. The van der Waals surface area contributed by atoms with Gasteiger partial charge in [-0.1, -0.05) is 23.2 Å². The number of benzene rings is 1. The summed E-state index contributed by atoms with van der Waals surface area (Å²) in [5, 5.41) is 7.13. The van der Waals surface area contributed by atoms with E-state index in [2.05, 4.69) is 20.5 Å². The third kappa shape index (κ3) is 5.32. The van der Waals surface area contributed by atoms with E-state index in [0.717, 1.165) is 44.2 Å². The molecule has 2 N–H and O–H groups in total. The molecule has 1 aromatic carbocycles. The second kappa shape index (κ2) is 9.19. The molecule has 3 rings (SSSR count). The number of aromatic nitrogens is 1. The smallest absolute Gasteiger partial charge is 0.269 e. The van der Waals surface area contributed by atoms with E-state index in [1.54, 1.807) is 36.5 Å². The minimum absolute atomic E-state index is 0.186. The van der Waals surface area contributed by atoms with Gasteiger partial charge in [-0.2, -0.15) is 0 Å². The molecule has 1 amide bonds. The summed E-state index contributed by atoms with van der Waals surface area (Å²) in [7, 11) is 0. The molecule has 0 bridgehead atoms. The highest BCUT2D eigenvalue weighted by molar-refractivity contribution is 6.36. The van der Waals surface area contributed by atoms with Crippen LogP contribution in [0.5, 0.6) is 0 Å². The Bertz CT molecular complexity index is 749. The summed E-state index contributed by atoms with van der Waals surface area (Å²) < 4.78 is 5.30. The highest BCUT2D eigenvalue weighted by Crippen LogP contribution is 2.27. The Morgan fingerprint density at radius 2 is 2.00 bits per heavy atom. The van der Waals surface area contributed by atoms with Crippen LogP contribution in [0, 0.1) is 0 Å². The number of carbonyl (C=O) groups is 1. The molecule has 0 spiro atoms. The first-order valence-corrected chi connectivity index (χ1v) is 9.14. The van der Waals surface area contributed by atoms with E-state index < -0.39 is 0 Å². The fourth-order valence-electron chi connectivity index (χ4n) is 2.59. The van der Waals surface area contributed by atoms with E-state index in [-0.39, 0.29) is 5.91 Å². The number of hydrogen-bond donors (Lipinski definition) is 2. The fraction of sp³-hybridized carbons (Fsp3) is 0.333. The number of carbonyl (C=O) groups excluding carboxylic acids is 1. The Hall–Kier alpha value is -1.86. The van der Waals surface area contributed by atoms with Gasteiger partial charge in [-0.3, -0.25) is 9.69 Å². The lowest BCUT2D eigenvalue weighted by Gasteiger charge is -2.26. The Balaban J connectivity index is 1.50. The van der Waals surface area contributed by atoms with Gasteiger partial charge < -0.3 is 15.4 Å². The van der Waals surface area contributed by atoms with Crippen molar-refractivity contribution in [3.05, 3.63) is 52.3 Å². The second-order valence-corrected chi connectivity index (χ2v) is 6.73. The Morgan fingerprint density at radius 3 is 2.69 bits per heavy atom. The maximum absolute atomic E-state index is 12.2. The van der Waals surface area contributed by atoms with E-state index in [1.807, 2.05) is 0 Å². The quantitative estimate of drug-likeness (QED) is 0.787. The van der Waals surface area contributed by atoms with Crippen LogP contribution >= 0.6 is 23.2 Å². The average molecular weight is 395 g/mol. The van der Waals surface area contributed by atoms with E-state index in [0.29, 0.717) is 22.3 Å². The van der Waals surface area contributed by atoms with Crippen molar-refractivity contribution in [3.63, 3.8) is 0 Å². The van der Waals surface area contributed by atoms with Gasteiger partial charge in [0.25, 0.3) is 5.91 Å². The van der Waals surface area contributed by atoms with Gasteiger partial charge in [0.1, 0.15) is 5.69 Å². The van der Waals surface area contributed by atoms with Gasteiger partial charge in [0.15, 0.2) is 0 Å². The van der Waals surface area contributed by atoms with Crippen molar-refractivity contribution in [2.75, 3.05) is 44.7 Å². The third-order valence-electron chi connectivity index (χ3n) is 4.02. The van der Waals surface area contributed by atoms with Crippen molar-refractivity contribution >= 4 is 40.5 Å². The molecule has 6 nitrogen and oxygen atoms in total. The minimum atomic E-state index is -0.186. The number of morpholine rings is 1. The number of amides is 1. The zero-order chi connectivity index (χ0) is 18.4. The maximum atomic E-state index is 12.2. The summed E-state index contributed by atoms with van der Waals surface area (Å²) in [5.74, 6) is -0.186. The Labute approximate surface area is 162 Å². The normalized spacial score (nSPS) is 14.8. The molecule has 138 valence electrons. The van der Waals surface area contributed by atoms with Crippen LogP contribution in [0.1, 0.15) is 10.5 Å². The summed E-state index contributed by atoms with van der Waals surface area (Å²) in [6.45, 7) is 4.71. The van der Waals surface area contributed by atoms with Gasteiger partial charge in [-0.25, -0.2) is 4.98 Å². The Morgan fingerprint density at radius 1 is 1.19 bits per heavy atom. The maximum Gasteiger partial charge on any atom is 0.269 e. The largest absolute Gasteiger partial charge is 0.379 e. The molecular formula is C18H20Cl2N4O2. The van der Waals surface area contributed by atoms with Crippen LogP contribution in [0.4, 0.5) is 11.4 Å². The molecule has 1 fully saturated rings. The van der Waals surface area contributed by atoms with Crippen molar-refractivity contribution in [2.24, 2.45) is 0 Å². The van der Waals surface area contributed by atoms with E-state index >= 15 is 0 Å². The van der Waals surface area contributed by atoms with Crippen molar-refractivity contribution in [2.45, 2.75) is 0 Å². The monoisotopic (exact) mass is 394 g/mol. The number of hydrogen-bond acceptors (Lipinski definition) is 5. The molecule has 26 heavy (non-hydrogen) atoms. The van der Waals surface area contributed by atoms with Gasteiger partial charge in [-0.05, 0) is 30.3 Å². The molecule has 1 aromatic heterocycles. The predicted octanol–water partition coefficient (Wildman–Crippen LogP) is 3.19. The van der Waals surface area contributed by atoms with Gasteiger partial charge in [0.05, 0.1) is 35.8 Å². The van der Waals surface area contributed by atoms with Crippen LogP contribution in [0.3, 0.4) is 0 Å². The molecule has 0 atom stereocenters. The number of nitrogens with zero attached hydrogens (tertiary/aromatic N) is 2. The Kier molecular flexibility index (Phi) is 6.68. The van der Waals surface area contributed by atoms with Gasteiger partial charge in [0, 0.05) is 31.2 Å². The lowest BCUT2D eigenvalue weighted by atomic mass is 10.2. The summed E-state index contributed by atoms with van der Waals surface area (Å²) in [4.78, 5) is 18.6. The average Bonchev–Trinajstić information content (AvgIpc) is 2.65. The molecule has 0 aliphatic carbocycles. The van der Waals surface area contributed by atoms with Gasteiger partial charge >= 0.3 is 0 Å². The molecular weight excluding hydrogens is 375 g/mol. The highest BCUT2D eigenvalue weighted by Gasteiger charge is 2.11. The molecule has 2 aromatic rings. The van der Waals surface area contributed by atoms with Gasteiger partial charge in [-0.15, -0.1) is 0 Å². The molecule has 8 heteroatoms. The number of pyridine rings is 1. The molecule has 1 saturated heterocycles. The number of nitrogens with one attached hydrogen (secondary N) is 2. The standard InChI is InChI=1S/C18H20Cl2N4O2/c19-13-1-3-16(15(20)11-13)23-14-2-4-17(22-12-14)18(25)21-5-6-24-7-9-26-10-8-24/h1-4,11-12,23H,5-10H2,(H,21,25). The fourth-order valence-corrected chi connectivity index (χ4v) is 3.05. The molecule has 0 unspecified atom stereocenters. The van der Waals surface area contributed by atoms with E-state index in [4.69, 9.17) is 27.9 Å². The summed E-state index contributed by atoms with van der Waals surface area (Å²) in [6.07, 6.45) is 1.60. The molecule has 1 aliphatic heterocycles. The van der Waals surface area contributed by atoms with E-state index in [9.17, 15) is 4.79 Å². The first-order chi connectivity index (χ1) is 12.6. The predicted molar refractivity (Wildman–Crippen MR) is 104 cm³/mol. The number of anilines is 2. The zero-order valence-corrected chi connectivity index (χ0v) is 15.7. The summed E-state index contributed by atoms with van der Waals surface area (Å²) in [5.41, 5.74) is 1.83. The van der Waals surface area contributed by atoms with Crippen LogP contribution in [-0.4, -0.2) is 55.2 Å². The molecule has 0 saturated carbocycles. The van der Waals surface area contributed by atoms with Crippen molar-refractivity contribution in [3.8, 4) is 0 Å². The van der Waals surface area contributed by atoms with Crippen LogP contribution < -0.4 is 10.6 Å².